The molecule has 0 aliphatic heterocycles. The number of nitrogens with zero attached hydrogens (tertiary/aromatic N) is 4. The largest absolute Gasteiger partial charge is 0.463 e. The van der Waals surface area contributed by atoms with E-state index in [0.29, 0.717) is 12.5 Å². The Morgan fingerprint density at radius 2 is 2.24 bits per heavy atom. The van der Waals surface area contributed by atoms with Gasteiger partial charge in [-0.25, -0.2) is 9.78 Å². The second-order valence-electron chi connectivity index (χ2n) is 6.21. The molecule has 4 rings (SSSR count). The van der Waals surface area contributed by atoms with E-state index in [9.17, 15) is 4.79 Å². The molecule has 0 saturated heterocycles. The molecule has 1 saturated carbocycles. The van der Waals surface area contributed by atoms with Crippen LogP contribution in [0.25, 0.3) is 22.9 Å². The Kier molecular flexibility index (Phi) is 3.87. The van der Waals surface area contributed by atoms with Crippen molar-refractivity contribution in [3.63, 3.8) is 0 Å². The monoisotopic (exact) mass is 336 g/mol. The number of carbonyl (C=O) groups is 1. The summed E-state index contributed by atoms with van der Waals surface area (Å²) in [5.74, 6) is 1.04. The lowest BCUT2D eigenvalue weighted by Crippen LogP contribution is -2.04. The lowest BCUT2D eigenvalue weighted by Gasteiger charge is -2.07. The lowest BCUT2D eigenvalue weighted by atomic mass is 10.1. The van der Waals surface area contributed by atoms with Gasteiger partial charge in [-0.2, -0.15) is 5.10 Å². The van der Waals surface area contributed by atoms with Crippen molar-refractivity contribution in [1.29, 1.82) is 0 Å². The molecule has 1 fully saturated rings. The van der Waals surface area contributed by atoms with Gasteiger partial charge < -0.3 is 4.74 Å². The zero-order valence-electron chi connectivity index (χ0n) is 14.3. The Morgan fingerprint density at radius 3 is 3.00 bits per heavy atom. The normalized spacial score (nSPS) is 14.5. The Balaban J connectivity index is 1.85. The zero-order chi connectivity index (χ0) is 17.4. The van der Waals surface area contributed by atoms with Crippen LogP contribution in [-0.4, -0.2) is 31.9 Å². The summed E-state index contributed by atoms with van der Waals surface area (Å²) in [4.78, 5) is 16.3. The Bertz CT molecular complexity index is 963. The van der Waals surface area contributed by atoms with Gasteiger partial charge >= 0.3 is 5.97 Å². The Hall–Kier alpha value is -2.89. The van der Waals surface area contributed by atoms with E-state index in [1.807, 2.05) is 46.8 Å². The number of rotatable bonds is 5. The molecule has 0 spiro atoms. The number of hydrogen-bond acceptors (Lipinski definition) is 4. The van der Waals surface area contributed by atoms with Crippen molar-refractivity contribution in [3.05, 3.63) is 47.9 Å². The predicted molar refractivity (Wildman–Crippen MR) is 95.5 cm³/mol. The molecule has 0 radical (unpaired) electrons. The van der Waals surface area contributed by atoms with Crippen LogP contribution in [0.5, 0.6) is 0 Å². The van der Waals surface area contributed by atoms with E-state index < -0.39 is 0 Å². The third-order valence-corrected chi connectivity index (χ3v) is 4.39. The number of aryl methyl sites for hydroxylation is 1. The lowest BCUT2D eigenvalue weighted by molar-refractivity contribution is -0.137. The molecule has 0 N–H and O–H groups in total. The summed E-state index contributed by atoms with van der Waals surface area (Å²) in [7, 11) is 1.93. The highest BCUT2D eigenvalue weighted by molar-refractivity contribution is 5.88. The number of hydrogen-bond donors (Lipinski definition) is 0. The molecule has 0 aromatic carbocycles. The van der Waals surface area contributed by atoms with E-state index >= 15 is 0 Å². The summed E-state index contributed by atoms with van der Waals surface area (Å²) in [5, 5.41) is 5.79. The van der Waals surface area contributed by atoms with E-state index in [1.165, 1.54) is 6.08 Å². The summed E-state index contributed by atoms with van der Waals surface area (Å²) in [6.45, 7) is 2.17. The number of ether oxygens (including phenoxy) is 1. The third kappa shape index (κ3) is 2.84. The van der Waals surface area contributed by atoms with Gasteiger partial charge in [-0.15, -0.1) is 0 Å². The van der Waals surface area contributed by atoms with Crippen molar-refractivity contribution in [2.45, 2.75) is 25.7 Å². The summed E-state index contributed by atoms with van der Waals surface area (Å²) in [5.41, 5.74) is 2.87. The molecular weight excluding hydrogens is 316 g/mol. The highest BCUT2D eigenvalue weighted by Crippen LogP contribution is 2.42. The van der Waals surface area contributed by atoms with E-state index in [1.54, 1.807) is 13.1 Å². The van der Waals surface area contributed by atoms with Gasteiger partial charge in [-0.05, 0) is 44.0 Å². The SMILES string of the molecule is CCOC(=O)/C=C/c1c(C2CC2)nn(C)c1-n1ccc2cccnc21. The minimum absolute atomic E-state index is 0.338. The summed E-state index contributed by atoms with van der Waals surface area (Å²) in [6, 6.07) is 5.99. The molecule has 6 nitrogen and oxygen atoms in total. The highest BCUT2D eigenvalue weighted by Gasteiger charge is 2.31. The fourth-order valence-corrected chi connectivity index (χ4v) is 3.13. The molecule has 6 heteroatoms. The van der Waals surface area contributed by atoms with Crippen LogP contribution >= 0.6 is 0 Å². The van der Waals surface area contributed by atoms with Crippen molar-refractivity contribution < 1.29 is 9.53 Å². The second-order valence-corrected chi connectivity index (χ2v) is 6.21. The van der Waals surface area contributed by atoms with Crippen LogP contribution in [0.1, 0.15) is 36.9 Å². The van der Waals surface area contributed by atoms with Gasteiger partial charge in [0.15, 0.2) is 0 Å². The van der Waals surface area contributed by atoms with Gasteiger partial charge in [0.1, 0.15) is 11.5 Å². The van der Waals surface area contributed by atoms with Crippen LogP contribution < -0.4 is 0 Å². The molecule has 1 aliphatic carbocycles. The zero-order valence-corrected chi connectivity index (χ0v) is 14.3. The molecule has 3 heterocycles. The number of pyridine rings is 1. The molecule has 0 unspecified atom stereocenters. The number of carbonyl (C=O) groups excluding carboxylic acids is 1. The predicted octanol–water partition coefficient (Wildman–Crippen LogP) is 3.21. The van der Waals surface area contributed by atoms with E-state index in [4.69, 9.17) is 9.84 Å². The van der Waals surface area contributed by atoms with Crippen molar-refractivity contribution in [2.24, 2.45) is 7.05 Å². The van der Waals surface area contributed by atoms with Crippen LogP contribution in [0.2, 0.25) is 0 Å². The maximum atomic E-state index is 11.8. The summed E-state index contributed by atoms with van der Waals surface area (Å²) < 4.78 is 8.91. The highest BCUT2D eigenvalue weighted by atomic mass is 16.5. The van der Waals surface area contributed by atoms with Crippen LogP contribution in [-0.2, 0) is 16.6 Å². The van der Waals surface area contributed by atoms with Crippen molar-refractivity contribution in [2.75, 3.05) is 6.61 Å². The first kappa shape index (κ1) is 15.6. The van der Waals surface area contributed by atoms with E-state index in [0.717, 1.165) is 41.0 Å². The van der Waals surface area contributed by atoms with E-state index in [2.05, 4.69) is 4.98 Å². The Morgan fingerprint density at radius 1 is 1.40 bits per heavy atom. The smallest absolute Gasteiger partial charge is 0.330 e. The van der Waals surface area contributed by atoms with Crippen LogP contribution in [0, 0.1) is 0 Å². The molecule has 25 heavy (non-hydrogen) atoms. The molecular formula is C19H20N4O2. The summed E-state index contributed by atoms with van der Waals surface area (Å²) >= 11 is 0. The fourth-order valence-electron chi connectivity index (χ4n) is 3.13. The fraction of sp³-hybridized carbons (Fsp3) is 0.316. The summed E-state index contributed by atoms with van der Waals surface area (Å²) in [6.07, 6.45) is 9.36. The van der Waals surface area contributed by atoms with Crippen LogP contribution in [0.3, 0.4) is 0 Å². The van der Waals surface area contributed by atoms with Crippen molar-refractivity contribution in [1.82, 2.24) is 19.3 Å². The molecule has 3 aromatic rings. The van der Waals surface area contributed by atoms with Gasteiger partial charge in [0.05, 0.1) is 12.3 Å². The second kappa shape index (κ2) is 6.20. The van der Waals surface area contributed by atoms with Gasteiger partial charge in [-0.3, -0.25) is 9.25 Å². The molecule has 3 aromatic heterocycles. The van der Waals surface area contributed by atoms with Gasteiger partial charge in [0.2, 0.25) is 0 Å². The van der Waals surface area contributed by atoms with Crippen LogP contribution in [0.4, 0.5) is 0 Å². The molecule has 0 amide bonds. The van der Waals surface area contributed by atoms with Gasteiger partial charge in [0, 0.05) is 42.4 Å². The molecule has 128 valence electrons. The maximum Gasteiger partial charge on any atom is 0.330 e. The minimum Gasteiger partial charge on any atom is -0.463 e. The van der Waals surface area contributed by atoms with Crippen LogP contribution in [0.15, 0.2) is 36.7 Å². The number of aromatic nitrogens is 4. The minimum atomic E-state index is -0.338. The topological polar surface area (TPSA) is 61.9 Å². The number of esters is 1. The first-order chi connectivity index (χ1) is 12.2. The first-order valence-corrected chi connectivity index (χ1v) is 8.53. The Labute approximate surface area is 145 Å². The standard InChI is InChI=1S/C19H20N4O2/c1-3-25-16(24)9-8-15-17(13-6-7-13)21-22(2)19(15)23-12-10-14-5-4-11-20-18(14)23/h4-5,8-13H,3,6-7H2,1-2H3/b9-8+. The average Bonchev–Trinajstić information content (AvgIpc) is 3.29. The first-order valence-electron chi connectivity index (χ1n) is 8.53. The van der Waals surface area contributed by atoms with Crippen molar-refractivity contribution in [3.8, 4) is 5.82 Å². The van der Waals surface area contributed by atoms with Crippen molar-refractivity contribution >= 4 is 23.1 Å². The van der Waals surface area contributed by atoms with Gasteiger partial charge in [0.25, 0.3) is 0 Å². The van der Waals surface area contributed by atoms with Gasteiger partial charge in [-0.1, -0.05) is 0 Å². The molecule has 0 bridgehead atoms. The average molecular weight is 336 g/mol. The quantitative estimate of drug-likeness (QED) is 0.530. The van der Waals surface area contributed by atoms with E-state index in [-0.39, 0.29) is 5.97 Å². The third-order valence-electron chi connectivity index (χ3n) is 4.39. The molecule has 0 atom stereocenters. The maximum absolute atomic E-state index is 11.8. The molecule has 1 aliphatic rings. The number of fused-ring (bicyclic) bond motifs is 1.